The highest BCUT2D eigenvalue weighted by Crippen LogP contribution is 2.28. The smallest absolute Gasteiger partial charge is 0.267 e. The lowest BCUT2D eigenvalue weighted by Gasteiger charge is -2.23. The summed E-state index contributed by atoms with van der Waals surface area (Å²) in [4.78, 5) is 20.9. The molecule has 5 nitrogen and oxygen atoms in total. The largest absolute Gasteiger partial charge is 0.382 e. The number of carbonyl (C=O) groups excluding carboxylic acids is 1. The molecule has 0 saturated heterocycles. The Morgan fingerprint density at radius 2 is 2.16 bits per heavy atom. The third-order valence-electron chi connectivity index (χ3n) is 3.03. The lowest BCUT2D eigenvalue weighted by molar-refractivity contribution is 0.0763. The molecule has 0 aliphatic carbocycles. The van der Waals surface area contributed by atoms with Crippen molar-refractivity contribution in [3.63, 3.8) is 0 Å². The zero-order valence-corrected chi connectivity index (χ0v) is 13.8. The van der Waals surface area contributed by atoms with Gasteiger partial charge < -0.3 is 15.5 Å². The van der Waals surface area contributed by atoms with Crippen molar-refractivity contribution in [1.29, 1.82) is 0 Å². The third kappa shape index (κ3) is 3.76. The van der Waals surface area contributed by atoms with Gasteiger partial charge >= 0.3 is 0 Å². The molecule has 1 unspecified atom stereocenters. The molecule has 0 bridgehead atoms. The number of nitrogen functional groups attached to an aromatic ring is 1. The number of nitrogens with two attached hydrogens (primary N) is 1. The van der Waals surface area contributed by atoms with Crippen LogP contribution in [0.15, 0.2) is 0 Å². The van der Waals surface area contributed by atoms with Crippen molar-refractivity contribution in [2.24, 2.45) is 0 Å². The Kier molecular flexibility index (Phi) is 5.93. The normalized spacial score (nSPS) is 12.3. The predicted octanol–water partition coefficient (Wildman–Crippen LogP) is 2.00. The van der Waals surface area contributed by atoms with Crippen LogP contribution in [0.2, 0.25) is 0 Å². The Bertz CT molecular complexity index is 435. The number of carbonyl (C=O) groups is 1. The van der Waals surface area contributed by atoms with Gasteiger partial charge in [0.15, 0.2) is 5.13 Å². The van der Waals surface area contributed by atoms with Crippen LogP contribution < -0.4 is 10.6 Å². The Morgan fingerprint density at radius 1 is 1.53 bits per heavy atom. The second-order valence-electron chi connectivity index (χ2n) is 4.45. The minimum Gasteiger partial charge on any atom is -0.382 e. The minimum absolute atomic E-state index is 0.0488. The van der Waals surface area contributed by atoms with E-state index in [1.165, 1.54) is 11.3 Å². The van der Waals surface area contributed by atoms with Gasteiger partial charge in [0.05, 0.1) is 0 Å². The molecule has 0 fully saturated rings. The van der Waals surface area contributed by atoms with Crippen molar-refractivity contribution in [2.75, 3.05) is 43.3 Å². The zero-order valence-electron chi connectivity index (χ0n) is 12.1. The van der Waals surface area contributed by atoms with E-state index in [1.807, 2.05) is 39.1 Å². The van der Waals surface area contributed by atoms with Crippen molar-refractivity contribution in [1.82, 2.24) is 9.88 Å². The molecular weight excluding hydrogens is 280 g/mol. The first-order valence-corrected chi connectivity index (χ1v) is 8.36. The molecule has 0 saturated carbocycles. The molecule has 0 spiro atoms. The summed E-state index contributed by atoms with van der Waals surface area (Å²) in [6.45, 7) is 4.90. The lowest BCUT2D eigenvalue weighted by atomic mass is 10.3. The van der Waals surface area contributed by atoms with E-state index >= 15 is 0 Å². The summed E-state index contributed by atoms with van der Waals surface area (Å²) in [5.74, 6) is 1.18. The van der Waals surface area contributed by atoms with Gasteiger partial charge in [0, 0.05) is 32.4 Å². The molecule has 19 heavy (non-hydrogen) atoms. The van der Waals surface area contributed by atoms with Crippen molar-refractivity contribution < 1.29 is 4.79 Å². The minimum atomic E-state index is -0.0488. The number of rotatable bonds is 6. The molecule has 0 aliphatic rings. The molecule has 1 heterocycles. The summed E-state index contributed by atoms with van der Waals surface area (Å²) in [7, 11) is 3.75. The molecule has 1 rings (SSSR count). The zero-order chi connectivity index (χ0) is 14.6. The molecule has 0 aliphatic heterocycles. The van der Waals surface area contributed by atoms with E-state index < -0.39 is 0 Å². The Morgan fingerprint density at radius 3 is 2.68 bits per heavy atom. The fourth-order valence-corrected chi connectivity index (χ4v) is 3.18. The third-order valence-corrected chi connectivity index (χ3v) is 5.02. The highest BCUT2D eigenvalue weighted by atomic mass is 32.2. The average Bonchev–Trinajstić information content (AvgIpc) is 2.78. The number of hydrogen-bond donors (Lipinski definition) is 1. The molecule has 0 aromatic carbocycles. The van der Waals surface area contributed by atoms with E-state index in [2.05, 4.69) is 4.98 Å². The van der Waals surface area contributed by atoms with Gasteiger partial charge in [-0.1, -0.05) is 11.3 Å². The quantitative estimate of drug-likeness (QED) is 0.871. The number of hydrogen-bond acceptors (Lipinski definition) is 6. The average molecular weight is 302 g/mol. The fraction of sp³-hybridized carbons (Fsp3) is 0.667. The number of nitrogens with zero attached hydrogens (tertiary/aromatic N) is 3. The van der Waals surface area contributed by atoms with Crippen LogP contribution in [0.4, 0.5) is 10.9 Å². The van der Waals surface area contributed by atoms with E-state index in [-0.39, 0.29) is 11.9 Å². The van der Waals surface area contributed by atoms with Gasteiger partial charge in [-0.25, -0.2) is 4.98 Å². The molecule has 2 N–H and O–H groups in total. The van der Waals surface area contributed by atoms with Crippen molar-refractivity contribution >= 4 is 40.0 Å². The van der Waals surface area contributed by atoms with E-state index in [9.17, 15) is 4.79 Å². The maximum atomic E-state index is 12.4. The van der Waals surface area contributed by atoms with Crippen LogP contribution >= 0.6 is 23.1 Å². The van der Waals surface area contributed by atoms with Gasteiger partial charge in [0.25, 0.3) is 5.91 Å². The van der Waals surface area contributed by atoms with Gasteiger partial charge in [-0.2, -0.15) is 11.8 Å². The first-order valence-electron chi connectivity index (χ1n) is 6.15. The van der Waals surface area contributed by atoms with E-state index in [0.717, 1.165) is 17.4 Å². The summed E-state index contributed by atoms with van der Waals surface area (Å²) in [6, 6.07) is 0.177. The Hall–Kier alpha value is -0.950. The van der Waals surface area contributed by atoms with E-state index in [1.54, 1.807) is 16.7 Å². The topological polar surface area (TPSA) is 62.5 Å². The number of thioether (sulfide) groups is 1. The summed E-state index contributed by atoms with van der Waals surface area (Å²) >= 11 is 3.08. The maximum absolute atomic E-state index is 12.4. The van der Waals surface area contributed by atoms with E-state index in [4.69, 9.17) is 5.73 Å². The van der Waals surface area contributed by atoms with E-state index in [0.29, 0.717) is 10.7 Å². The van der Waals surface area contributed by atoms with Crippen LogP contribution in [0.25, 0.3) is 0 Å². The van der Waals surface area contributed by atoms with Gasteiger partial charge in [0.2, 0.25) is 0 Å². The molecule has 1 aromatic rings. The first kappa shape index (κ1) is 16.1. The molecule has 7 heteroatoms. The van der Waals surface area contributed by atoms with Crippen LogP contribution in [0.3, 0.4) is 0 Å². The number of amides is 1. The molecular formula is C12H22N4OS2. The number of aromatic nitrogens is 1. The Balaban J connectivity index is 2.90. The van der Waals surface area contributed by atoms with Crippen LogP contribution in [-0.4, -0.2) is 54.5 Å². The van der Waals surface area contributed by atoms with Gasteiger partial charge in [-0.05, 0) is 20.1 Å². The van der Waals surface area contributed by atoms with Crippen molar-refractivity contribution in [3.8, 4) is 0 Å². The van der Waals surface area contributed by atoms with Crippen LogP contribution in [-0.2, 0) is 0 Å². The van der Waals surface area contributed by atoms with Crippen LogP contribution in [0.5, 0.6) is 0 Å². The standard InChI is InChI=1S/C12H22N4OS2/c1-6-15(3)12-14-10(13)9(19-12)11(17)16(4)8(2)7-18-5/h8H,6-7,13H2,1-5H3. The highest BCUT2D eigenvalue weighted by Gasteiger charge is 2.23. The second kappa shape index (κ2) is 7.00. The SMILES string of the molecule is CCN(C)c1nc(N)c(C(=O)N(C)C(C)CSC)s1. The van der Waals surface area contributed by atoms with Crippen molar-refractivity contribution in [3.05, 3.63) is 4.88 Å². The van der Waals surface area contributed by atoms with Gasteiger partial charge in [-0.15, -0.1) is 0 Å². The summed E-state index contributed by atoms with van der Waals surface area (Å²) < 4.78 is 0. The molecule has 1 aromatic heterocycles. The van der Waals surface area contributed by atoms with Crippen LogP contribution in [0.1, 0.15) is 23.5 Å². The fourth-order valence-electron chi connectivity index (χ4n) is 1.49. The molecule has 108 valence electrons. The monoisotopic (exact) mass is 302 g/mol. The molecule has 0 radical (unpaired) electrons. The summed E-state index contributed by atoms with van der Waals surface area (Å²) in [5, 5.41) is 0.786. The first-order chi connectivity index (χ1) is 8.92. The Labute approximate surface area is 123 Å². The highest BCUT2D eigenvalue weighted by molar-refractivity contribution is 7.98. The summed E-state index contributed by atoms with van der Waals surface area (Å²) in [5.41, 5.74) is 5.87. The lowest BCUT2D eigenvalue weighted by Crippen LogP contribution is -2.36. The predicted molar refractivity (Wildman–Crippen MR) is 85.4 cm³/mol. The number of thiazole rings is 1. The summed E-state index contributed by atoms with van der Waals surface area (Å²) in [6.07, 6.45) is 2.03. The molecule has 1 amide bonds. The second-order valence-corrected chi connectivity index (χ2v) is 6.33. The van der Waals surface area contributed by atoms with Crippen molar-refractivity contribution in [2.45, 2.75) is 19.9 Å². The molecule has 1 atom stereocenters. The number of anilines is 2. The maximum Gasteiger partial charge on any atom is 0.267 e. The van der Waals surface area contributed by atoms with Gasteiger partial charge in [-0.3, -0.25) is 4.79 Å². The van der Waals surface area contributed by atoms with Crippen LogP contribution in [0, 0.1) is 0 Å². The van der Waals surface area contributed by atoms with Gasteiger partial charge in [0.1, 0.15) is 10.7 Å².